The Bertz CT molecular complexity index is 568. The molecule has 6 nitrogen and oxygen atoms in total. The van der Waals surface area contributed by atoms with Crippen LogP contribution < -0.4 is 4.90 Å². The molecule has 0 N–H and O–H groups in total. The lowest BCUT2D eigenvalue weighted by Crippen LogP contribution is -2.25. The molecule has 6 heteroatoms. The standard InChI is InChI=1S/C11H12N2O4/c1-11(2,3)16-10(14)7-4-5-8-9(6-7)13(15)17-12-8/h4-6H,1-3H3. The van der Waals surface area contributed by atoms with Gasteiger partial charge in [-0.1, -0.05) is 0 Å². The molecule has 90 valence electrons. The second-order valence-electron chi connectivity index (χ2n) is 4.64. The molecular formula is C11H12N2O4. The largest absolute Gasteiger partial charge is 0.456 e. The van der Waals surface area contributed by atoms with Crippen molar-refractivity contribution >= 4 is 17.0 Å². The van der Waals surface area contributed by atoms with Gasteiger partial charge in [-0.25, -0.2) is 4.79 Å². The number of benzene rings is 1. The second-order valence-corrected chi connectivity index (χ2v) is 4.64. The van der Waals surface area contributed by atoms with E-state index in [1.54, 1.807) is 26.8 Å². The quantitative estimate of drug-likeness (QED) is 0.552. The van der Waals surface area contributed by atoms with Crippen molar-refractivity contribution in [2.45, 2.75) is 26.4 Å². The number of carbonyl (C=O) groups is 1. The van der Waals surface area contributed by atoms with E-state index in [1.165, 1.54) is 12.1 Å². The molecule has 0 bridgehead atoms. The van der Waals surface area contributed by atoms with E-state index >= 15 is 0 Å². The van der Waals surface area contributed by atoms with E-state index in [0.717, 1.165) is 0 Å². The second kappa shape index (κ2) is 3.73. The van der Waals surface area contributed by atoms with Crippen molar-refractivity contribution in [1.29, 1.82) is 0 Å². The van der Waals surface area contributed by atoms with Gasteiger partial charge >= 0.3 is 5.97 Å². The van der Waals surface area contributed by atoms with Crippen LogP contribution in [0.4, 0.5) is 0 Å². The number of carbonyl (C=O) groups excluding carboxylic acids is 1. The minimum Gasteiger partial charge on any atom is -0.456 e. The molecular weight excluding hydrogens is 224 g/mol. The monoisotopic (exact) mass is 236 g/mol. The summed E-state index contributed by atoms with van der Waals surface area (Å²) in [6, 6.07) is 4.47. The van der Waals surface area contributed by atoms with Crippen LogP contribution in [0.2, 0.25) is 0 Å². The van der Waals surface area contributed by atoms with Crippen LogP contribution in [0.25, 0.3) is 11.0 Å². The topological polar surface area (TPSA) is 79.3 Å². The smallest absolute Gasteiger partial charge is 0.338 e. The van der Waals surface area contributed by atoms with Crippen LogP contribution in [0.3, 0.4) is 0 Å². The van der Waals surface area contributed by atoms with Gasteiger partial charge in [0.25, 0.3) is 0 Å². The van der Waals surface area contributed by atoms with Crippen LogP contribution in [-0.2, 0) is 4.74 Å². The van der Waals surface area contributed by atoms with Crippen molar-refractivity contribution in [3.63, 3.8) is 0 Å². The van der Waals surface area contributed by atoms with E-state index in [0.29, 0.717) is 11.1 Å². The Balaban J connectivity index is 2.36. The number of aromatic nitrogens is 2. The number of ether oxygens (including phenoxy) is 1. The summed E-state index contributed by atoms with van der Waals surface area (Å²) in [6.07, 6.45) is 0. The summed E-state index contributed by atoms with van der Waals surface area (Å²) in [5, 5.41) is 14.7. The van der Waals surface area contributed by atoms with Gasteiger partial charge in [0.2, 0.25) is 11.0 Å². The Hall–Kier alpha value is -2.11. The minimum atomic E-state index is -0.575. The van der Waals surface area contributed by atoms with Crippen molar-refractivity contribution in [3.8, 4) is 0 Å². The predicted molar refractivity (Wildman–Crippen MR) is 58.1 cm³/mol. The van der Waals surface area contributed by atoms with E-state index in [2.05, 4.69) is 9.79 Å². The molecule has 17 heavy (non-hydrogen) atoms. The first-order valence-electron chi connectivity index (χ1n) is 5.10. The van der Waals surface area contributed by atoms with Crippen LogP contribution in [0.15, 0.2) is 22.8 Å². The van der Waals surface area contributed by atoms with Gasteiger partial charge in [0.1, 0.15) is 5.60 Å². The maximum atomic E-state index is 11.8. The molecule has 0 saturated heterocycles. The summed E-state index contributed by atoms with van der Waals surface area (Å²) in [6.45, 7) is 5.32. The van der Waals surface area contributed by atoms with Gasteiger partial charge in [-0.05, 0) is 37.8 Å². The van der Waals surface area contributed by atoms with Gasteiger partial charge in [0.05, 0.1) is 5.56 Å². The molecule has 0 aliphatic rings. The number of fused-ring (bicyclic) bond motifs is 1. The van der Waals surface area contributed by atoms with Gasteiger partial charge in [-0.3, -0.25) is 4.63 Å². The number of rotatable bonds is 1. The zero-order chi connectivity index (χ0) is 12.6. The molecule has 0 spiro atoms. The van der Waals surface area contributed by atoms with Crippen molar-refractivity contribution < 1.29 is 19.1 Å². The molecule has 1 aromatic heterocycles. The van der Waals surface area contributed by atoms with Gasteiger partial charge in [0.15, 0.2) is 0 Å². The zero-order valence-electron chi connectivity index (χ0n) is 9.76. The first-order chi connectivity index (χ1) is 7.87. The Morgan fingerprint density at radius 1 is 1.47 bits per heavy atom. The lowest BCUT2D eigenvalue weighted by Gasteiger charge is -2.19. The third kappa shape index (κ3) is 2.35. The summed E-state index contributed by atoms with van der Waals surface area (Å²) in [7, 11) is 0. The summed E-state index contributed by atoms with van der Waals surface area (Å²) < 4.78 is 9.60. The molecule has 1 aromatic carbocycles. The Labute approximate surface area is 97.3 Å². The fraction of sp³-hybridized carbons (Fsp3) is 0.364. The lowest BCUT2D eigenvalue weighted by atomic mass is 10.1. The third-order valence-electron chi connectivity index (χ3n) is 2.02. The van der Waals surface area contributed by atoms with E-state index in [4.69, 9.17) is 4.74 Å². The summed E-state index contributed by atoms with van der Waals surface area (Å²) >= 11 is 0. The Morgan fingerprint density at radius 3 is 2.82 bits per heavy atom. The molecule has 2 rings (SSSR count). The van der Waals surface area contributed by atoms with Crippen LogP contribution in [0, 0.1) is 5.21 Å². The fourth-order valence-corrected chi connectivity index (χ4v) is 1.34. The molecule has 1 heterocycles. The third-order valence-corrected chi connectivity index (χ3v) is 2.02. The molecule has 0 unspecified atom stereocenters. The van der Waals surface area contributed by atoms with Crippen LogP contribution in [0.5, 0.6) is 0 Å². The molecule has 0 amide bonds. The van der Waals surface area contributed by atoms with Crippen molar-refractivity contribution in [2.75, 3.05) is 0 Å². The SMILES string of the molecule is CC(C)(C)OC(=O)c1ccc2no[n+]([O-])c2c1. The molecule has 2 aromatic rings. The highest BCUT2D eigenvalue weighted by molar-refractivity contribution is 5.93. The zero-order valence-corrected chi connectivity index (χ0v) is 9.76. The molecule has 0 aliphatic heterocycles. The minimum absolute atomic E-state index is 0.202. The molecule has 0 aliphatic carbocycles. The van der Waals surface area contributed by atoms with Gasteiger partial charge in [0, 0.05) is 11.2 Å². The maximum Gasteiger partial charge on any atom is 0.338 e. The molecule has 0 radical (unpaired) electrons. The molecule has 0 atom stereocenters. The van der Waals surface area contributed by atoms with Crippen molar-refractivity contribution in [1.82, 2.24) is 5.16 Å². The van der Waals surface area contributed by atoms with E-state index in [1.807, 2.05) is 0 Å². The Kier molecular flexibility index (Phi) is 2.49. The first kappa shape index (κ1) is 11.4. The van der Waals surface area contributed by atoms with E-state index in [9.17, 15) is 10.0 Å². The summed E-state index contributed by atoms with van der Waals surface area (Å²) in [5.41, 5.74) is 0.314. The van der Waals surface area contributed by atoms with E-state index < -0.39 is 11.6 Å². The van der Waals surface area contributed by atoms with E-state index in [-0.39, 0.29) is 10.4 Å². The highest BCUT2D eigenvalue weighted by Gasteiger charge is 2.20. The van der Waals surface area contributed by atoms with Crippen LogP contribution in [0.1, 0.15) is 31.1 Å². The van der Waals surface area contributed by atoms with Crippen LogP contribution in [-0.4, -0.2) is 16.7 Å². The van der Waals surface area contributed by atoms with Gasteiger partial charge in [-0.15, -0.1) is 0 Å². The van der Waals surface area contributed by atoms with Crippen molar-refractivity contribution in [2.24, 2.45) is 0 Å². The lowest BCUT2D eigenvalue weighted by molar-refractivity contribution is -0.782. The predicted octanol–water partition coefficient (Wildman–Crippen LogP) is 1.42. The fourth-order valence-electron chi connectivity index (χ4n) is 1.34. The first-order valence-corrected chi connectivity index (χ1v) is 5.10. The summed E-state index contributed by atoms with van der Waals surface area (Å²) in [4.78, 5) is 12.0. The number of esters is 1. The molecule has 0 saturated carbocycles. The number of nitrogens with zero attached hydrogens (tertiary/aromatic N) is 2. The van der Waals surface area contributed by atoms with Gasteiger partial charge in [-0.2, -0.15) is 0 Å². The average Bonchev–Trinajstić information content (AvgIpc) is 2.57. The molecule has 0 fully saturated rings. The van der Waals surface area contributed by atoms with Gasteiger partial charge < -0.3 is 9.94 Å². The summed E-state index contributed by atoms with van der Waals surface area (Å²) in [5.74, 6) is -0.486. The highest BCUT2D eigenvalue weighted by Crippen LogP contribution is 2.15. The van der Waals surface area contributed by atoms with Crippen molar-refractivity contribution in [3.05, 3.63) is 29.0 Å². The van der Waals surface area contributed by atoms with Crippen LogP contribution >= 0.6 is 0 Å². The average molecular weight is 236 g/mol. The number of hydrogen-bond donors (Lipinski definition) is 0. The maximum absolute atomic E-state index is 11.8. The highest BCUT2D eigenvalue weighted by atomic mass is 16.8. The number of hydrogen-bond acceptors (Lipinski definition) is 5. The Morgan fingerprint density at radius 2 is 2.18 bits per heavy atom. The normalized spacial score (nSPS) is 11.7.